The van der Waals surface area contributed by atoms with E-state index < -0.39 is 5.60 Å². The van der Waals surface area contributed by atoms with E-state index in [-0.39, 0.29) is 11.3 Å². The van der Waals surface area contributed by atoms with Gasteiger partial charge in [-0.3, -0.25) is 0 Å². The molecule has 4 nitrogen and oxygen atoms in total. The highest BCUT2D eigenvalue weighted by Gasteiger charge is 2.58. The molecule has 0 saturated carbocycles. The smallest absolute Gasteiger partial charge is 0.142 e. The molecule has 172 valence electrons. The van der Waals surface area contributed by atoms with Crippen LogP contribution in [0.15, 0.2) is 72.8 Å². The van der Waals surface area contributed by atoms with Gasteiger partial charge in [0, 0.05) is 18.4 Å². The zero-order chi connectivity index (χ0) is 22.9. The minimum absolute atomic E-state index is 0.164. The number of imidazole rings is 1. The van der Waals surface area contributed by atoms with Crippen molar-refractivity contribution in [1.82, 2.24) is 14.9 Å². The van der Waals surface area contributed by atoms with Gasteiger partial charge in [0.05, 0.1) is 11.0 Å². The van der Waals surface area contributed by atoms with Crippen molar-refractivity contribution < 1.29 is 5.11 Å². The van der Waals surface area contributed by atoms with Crippen molar-refractivity contribution in [1.29, 1.82) is 0 Å². The van der Waals surface area contributed by atoms with Crippen molar-refractivity contribution in [3.05, 3.63) is 101 Å². The second-order valence-electron chi connectivity index (χ2n) is 10.6. The molecular weight excluding hydrogens is 418 g/mol. The average Bonchev–Trinajstić information content (AvgIpc) is 3.52. The molecule has 2 aliphatic carbocycles. The lowest BCUT2D eigenvalue weighted by molar-refractivity contribution is -0.0652. The van der Waals surface area contributed by atoms with Crippen LogP contribution in [0, 0.1) is 5.92 Å². The number of para-hydroxylation sites is 2. The van der Waals surface area contributed by atoms with Crippen molar-refractivity contribution in [2.45, 2.75) is 42.6 Å². The molecule has 1 saturated heterocycles. The highest BCUT2D eigenvalue weighted by molar-refractivity contribution is 5.76. The zero-order valence-electron chi connectivity index (χ0n) is 19.7. The maximum absolute atomic E-state index is 12.9. The van der Waals surface area contributed by atoms with E-state index in [2.05, 4.69) is 83.7 Å². The number of hydrogen-bond donors (Lipinski definition) is 2. The first-order valence-electron chi connectivity index (χ1n) is 12.7. The van der Waals surface area contributed by atoms with E-state index in [4.69, 9.17) is 4.98 Å². The summed E-state index contributed by atoms with van der Waals surface area (Å²) in [6.45, 7) is 1.89. The minimum Gasteiger partial charge on any atom is -0.382 e. The quantitative estimate of drug-likeness (QED) is 0.462. The lowest BCUT2D eigenvalue weighted by atomic mass is 9.64. The summed E-state index contributed by atoms with van der Waals surface area (Å²) in [7, 11) is 2.07. The Hall–Kier alpha value is -2.95. The maximum Gasteiger partial charge on any atom is 0.142 e. The van der Waals surface area contributed by atoms with Crippen molar-refractivity contribution >= 4 is 11.0 Å². The highest BCUT2D eigenvalue weighted by Crippen LogP contribution is 2.64. The van der Waals surface area contributed by atoms with Crippen LogP contribution in [0.2, 0.25) is 0 Å². The first kappa shape index (κ1) is 20.4. The molecule has 1 aromatic heterocycles. The third-order valence-corrected chi connectivity index (χ3v) is 9.02. The summed E-state index contributed by atoms with van der Waals surface area (Å²) in [5, 5.41) is 16.4. The summed E-state index contributed by atoms with van der Waals surface area (Å²) in [6.07, 6.45) is 3.64. The Morgan fingerprint density at radius 2 is 1.56 bits per heavy atom. The van der Waals surface area contributed by atoms with Crippen LogP contribution < -0.4 is 5.32 Å². The summed E-state index contributed by atoms with van der Waals surface area (Å²) in [5.74, 6) is 1.41. The van der Waals surface area contributed by atoms with E-state index in [1.54, 1.807) is 0 Å². The summed E-state index contributed by atoms with van der Waals surface area (Å²) in [4.78, 5) is 5.09. The molecule has 0 spiro atoms. The fraction of sp³-hybridized carbons (Fsp3) is 0.367. The number of fused-ring (bicyclic) bond motifs is 9. The topological polar surface area (TPSA) is 50.1 Å². The SMILES string of the molecule is Cn1c(C(O)(CC23CC(c4ccccc42)c2ccccc23)C2CCNCC2)nc2ccccc21. The molecule has 2 bridgehead atoms. The number of aliphatic hydroxyl groups is 1. The van der Waals surface area contributed by atoms with Gasteiger partial charge in [0.15, 0.2) is 0 Å². The summed E-state index contributed by atoms with van der Waals surface area (Å²) in [5.41, 5.74) is 6.54. The normalized spacial score (nSPS) is 25.3. The van der Waals surface area contributed by atoms with Crippen LogP contribution in [0.3, 0.4) is 0 Å². The molecule has 1 aliphatic heterocycles. The molecule has 1 fully saturated rings. The first-order valence-corrected chi connectivity index (χ1v) is 12.7. The fourth-order valence-electron chi connectivity index (χ4n) is 7.54. The predicted molar refractivity (Wildman–Crippen MR) is 135 cm³/mol. The Labute approximate surface area is 200 Å². The number of hydrogen-bond acceptors (Lipinski definition) is 3. The van der Waals surface area contributed by atoms with E-state index >= 15 is 0 Å². The molecule has 1 atom stereocenters. The van der Waals surface area contributed by atoms with Gasteiger partial charge in [0.1, 0.15) is 11.4 Å². The molecule has 1 unspecified atom stereocenters. The molecule has 2 heterocycles. The van der Waals surface area contributed by atoms with Gasteiger partial charge in [0.2, 0.25) is 0 Å². The molecule has 0 amide bonds. The Morgan fingerprint density at radius 3 is 2.24 bits per heavy atom. The van der Waals surface area contributed by atoms with Gasteiger partial charge in [-0.15, -0.1) is 0 Å². The molecule has 4 aromatic rings. The van der Waals surface area contributed by atoms with Gasteiger partial charge < -0.3 is 15.0 Å². The van der Waals surface area contributed by atoms with Gasteiger partial charge in [0.25, 0.3) is 0 Å². The number of nitrogens with one attached hydrogen (secondary N) is 1. The number of piperidine rings is 1. The van der Waals surface area contributed by atoms with Crippen LogP contribution in [0.1, 0.15) is 59.7 Å². The predicted octanol–water partition coefficient (Wildman–Crippen LogP) is 4.99. The molecule has 4 heteroatoms. The van der Waals surface area contributed by atoms with Crippen LogP contribution in [0.5, 0.6) is 0 Å². The first-order chi connectivity index (χ1) is 16.6. The average molecular weight is 450 g/mol. The minimum atomic E-state index is -1.02. The summed E-state index contributed by atoms with van der Waals surface area (Å²) >= 11 is 0. The van der Waals surface area contributed by atoms with Gasteiger partial charge in [-0.25, -0.2) is 4.98 Å². The van der Waals surface area contributed by atoms with Gasteiger partial charge in [-0.05, 0) is 79.1 Å². The van der Waals surface area contributed by atoms with E-state index in [0.717, 1.165) is 49.2 Å². The molecule has 34 heavy (non-hydrogen) atoms. The third-order valence-electron chi connectivity index (χ3n) is 9.02. The second kappa shape index (κ2) is 7.27. The van der Waals surface area contributed by atoms with Crippen molar-refractivity contribution in [3.63, 3.8) is 0 Å². The standard InChI is InChI=1S/C30H31N3O/c1-33-27-13-7-6-12-26(27)32-28(33)30(34,20-14-16-31-17-15-20)19-29-18-23(21-8-2-4-10-24(21)29)22-9-3-5-11-25(22)29/h2-13,20,23,31,34H,14-19H2,1H3. The van der Waals surface area contributed by atoms with E-state index in [0.29, 0.717) is 12.3 Å². The van der Waals surface area contributed by atoms with E-state index in [9.17, 15) is 5.11 Å². The molecule has 2 N–H and O–H groups in total. The van der Waals surface area contributed by atoms with Crippen LogP contribution >= 0.6 is 0 Å². The number of aromatic nitrogens is 2. The molecule has 0 radical (unpaired) electrons. The Morgan fingerprint density at radius 1 is 0.941 bits per heavy atom. The largest absolute Gasteiger partial charge is 0.382 e. The molecule has 3 aromatic carbocycles. The Bertz CT molecular complexity index is 1350. The zero-order valence-corrected chi connectivity index (χ0v) is 19.7. The van der Waals surface area contributed by atoms with Crippen LogP contribution in [0.25, 0.3) is 11.0 Å². The van der Waals surface area contributed by atoms with Gasteiger partial charge in [-0.1, -0.05) is 60.7 Å². The van der Waals surface area contributed by atoms with Crippen LogP contribution in [-0.2, 0) is 18.1 Å². The van der Waals surface area contributed by atoms with E-state index in [1.165, 1.54) is 22.3 Å². The second-order valence-corrected chi connectivity index (χ2v) is 10.6. The third kappa shape index (κ3) is 2.64. The van der Waals surface area contributed by atoms with Gasteiger partial charge in [-0.2, -0.15) is 0 Å². The summed E-state index contributed by atoms with van der Waals surface area (Å²) < 4.78 is 2.15. The molecular formula is C30H31N3O. The van der Waals surface area contributed by atoms with Crippen molar-refractivity contribution in [2.24, 2.45) is 13.0 Å². The number of nitrogens with zero attached hydrogens (tertiary/aromatic N) is 2. The lowest BCUT2D eigenvalue weighted by Crippen LogP contribution is -2.47. The highest BCUT2D eigenvalue weighted by atomic mass is 16.3. The number of benzene rings is 3. The summed E-state index contributed by atoms with van der Waals surface area (Å²) in [6, 6.07) is 26.2. The monoisotopic (exact) mass is 449 g/mol. The molecule has 3 aliphatic rings. The van der Waals surface area contributed by atoms with Crippen LogP contribution in [-0.4, -0.2) is 27.7 Å². The van der Waals surface area contributed by atoms with Crippen LogP contribution in [0.4, 0.5) is 0 Å². The Balaban J connectivity index is 1.45. The number of aryl methyl sites for hydroxylation is 1. The van der Waals surface area contributed by atoms with Gasteiger partial charge >= 0.3 is 0 Å². The van der Waals surface area contributed by atoms with Crippen molar-refractivity contribution in [3.8, 4) is 0 Å². The lowest BCUT2D eigenvalue weighted by Gasteiger charge is -2.44. The molecule has 7 rings (SSSR count). The fourth-order valence-corrected chi connectivity index (χ4v) is 7.54. The van der Waals surface area contributed by atoms with Crippen molar-refractivity contribution in [2.75, 3.05) is 13.1 Å². The van der Waals surface area contributed by atoms with E-state index in [1.807, 2.05) is 6.07 Å². The number of rotatable bonds is 4. The maximum atomic E-state index is 12.9. The Kier molecular flexibility index (Phi) is 4.37.